The first-order valence-electron chi connectivity index (χ1n) is 5.42. The number of dihydropyridines is 1. The van der Waals surface area contributed by atoms with E-state index < -0.39 is 5.92 Å². The normalized spacial score (nSPS) is 15.5. The Morgan fingerprint density at radius 2 is 2.38 bits per heavy atom. The molecular formula is C12H18F2N2. The first-order chi connectivity index (χ1) is 7.64. The van der Waals surface area contributed by atoms with E-state index in [1.807, 2.05) is 12.2 Å². The van der Waals surface area contributed by atoms with Crippen LogP contribution >= 0.6 is 0 Å². The van der Waals surface area contributed by atoms with Crippen LogP contribution in [-0.4, -0.2) is 25.6 Å². The molecule has 0 aromatic rings. The number of allylic oxidation sites excluding steroid dienone is 2. The van der Waals surface area contributed by atoms with Gasteiger partial charge in [-0.25, -0.2) is 8.78 Å². The molecule has 0 spiro atoms. The summed E-state index contributed by atoms with van der Waals surface area (Å²) in [6.07, 6.45) is 7.45. The Hall–Kier alpha value is -1.16. The molecule has 0 aliphatic carbocycles. The van der Waals surface area contributed by atoms with Gasteiger partial charge in [0, 0.05) is 19.5 Å². The third-order valence-electron chi connectivity index (χ3n) is 2.35. The molecule has 0 aromatic carbocycles. The summed E-state index contributed by atoms with van der Waals surface area (Å²) in [5.74, 6) is -2.65. The molecule has 2 N–H and O–H groups in total. The van der Waals surface area contributed by atoms with E-state index >= 15 is 0 Å². The highest BCUT2D eigenvalue weighted by Gasteiger charge is 2.27. The van der Waals surface area contributed by atoms with Gasteiger partial charge in [0.2, 0.25) is 0 Å². The second-order valence-corrected chi connectivity index (χ2v) is 3.80. The molecule has 1 aliphatic rings. The van der Waals surface area contributed by atoms with Crippen LogP contribution in [0.2, 0.25) is 0 Å². The topological polar surface area (TPSA) is 24.1 Å². The van der Waals surface area contributed by atoms with Crippen LogP contribution in [0.3, 0.4) is 0 Å². The third-order valence-corrected chi connectivity index (χ3v) is 2.35. The number of halogens is 2. The lowest BCUT2D eigenvalue weighted by molar-refractivity contribution is -0.00502. The van der Waals surface area contributed by atoms with E-state index in [0.717, 1.165) is 12.1 Å². The van der Waals surface area contributed by atoms with E-state index in [1.165, 1.54) is 0 Å². The van der Waals surface area contributed by atoms with Gasteiger partial charge in [-0.3, -0.25) is 0 Å². The molecule has 1 rings (SSSR count). The van der Waals surface area contributed by atoms with E-state index in [4.69, 9.17) is 0 Å². The van der Waals surface area contributed by atoms with Crippen LogP contribution in [0.15, 0.2) is 36.6 Å². The highest BCUT2D eigenvalue weighted by Crippen LogP contribution is 2.22. The summed E-state index contributed by atoms with van der Waals surface area (Å²) in [7, 11) is 0. The quantitative estimate of drug-likeness (QED) is 0.516. The molecule has 2 nitrogen and oxygen atoms in total. The van der Waals surface area contributed by atoms with Gasteiger partial charge in [-0.2, -0.15) is 0 Å². The molecule has 0 saturated carbocycles. The van der Waals surface area contributed by atoms with Crippen molar-refractivity contribution in [3.05, 3.63) is 36.6 Å². The Balaban J connectivity index is 2.26. The molecule has 1 aliphatic heterocycles. The third kappa shape index (κ3) is 5.07. The summed E-state index contributed by atoms with van der Waals surface area (Å²) in [6.45, 7) is 4.33. The van der Waals surface area contributed by atoms with E-state index in [-0.39, 0.29) is 13.0 Å². The number of nitrogens with one attached hydrogen (secondary N) is 2. The van der Waals surface area contributed by atoms with Crippen molar-refractivity contribution in [3.63, 3.8) is 0 Å². The lowest BCUT2D eigenvalue weighted by Crippen LogP contribution is -2.32. The SMILES string of the molecule is C=CCNCC(F)(F)CCC1=CCNC=C1. The maximum Gasteiger partial charge on any atom is 0.260 e. The molecule has 0 atom stereocenters. The number of hydrogen-bond donors (Lipinski definition) is 2. The van der Waals surface area contributed by atoms with E-state index in [9.17, 15) is 8.78 Å². The van der Waals surface area contributed by atoms with Crippen molar-refractivity contribution < 1.29 is 8.78 Å². The average Bonchev–Trinajstić information content (AvgIpc) is 2.28. The van der Waals surface area contributed by atoms with Crippen molar-refractivity contribution in [1.29, 1.82) is 0 Å². The van der Waals surface area contributed by atoms with Gasteiger partial charge in [0.25, 0.3) is 5.92 Å². The van der Waals surface area contributed by atoms with Gasteiger partial charge in [0.1, 0.15) is 0 Å². The Bertz CT molecular complexity index is 283. The summed E-state index contributed by atoms with van der Waals surface area (Å²) in [4.78, 5) is 0. The van der Waals surface area contributed by atoms with Gasteiger partial charge >= 0.3 is 0 Å². The molecule has 0 saturated heterocycles. The largest absolute Gasteiger partial charge is 0.387 e. The minimum Gasteiger partial charge on any atom is -0.387 e. The van der Waals surface area contributed by atoms with Crippen molar-refractivity contribution in [1.82, 2.24) is 10.6 Å². The molecule has 0 radical (unpaired) electrons. The second kappa shape index (κ2) is 6.43. The summed E-state index contributed by atoms with van der Waals surface area (Å²) in [5, 5.41) is 5.63. The van der Waals surface area contributed by atoms with Crippen LogP contribution in [0.25, 0.3) is 0 Å². The summed E-state index contributed by atoms with van der Waals surface area (Å²) >= 11 is 0. The standard InChI is InChI=1S/C12H18F2N2/c1-2-7-16-10-12(13,14)6-3-11-4-8-15-9-5-11/h2,4-5,8,15-16H,1,3,6-7,9-10H2. The minimum absolute atomic E-state index is 0.118. The number of rotatable bonds is 7. The molecule has 4 heteroatoms. The molecule has 0 bridgehead atoms. The van der Waals surface area contributed by atoms with E-state index in [2.05, 4.69) is 17.2 Å². The van der Waals surface area contributed by atoms with Gasteiger partial charge in [-0.15, -0.1) is 6.58 Å². The monoisotopic (exact) mass is 228 g/mol. The predicted octanol–water partition coefficient (Wildman–Crippen LogP) is 2.22. The van der Waals surface area contributed by atoms with Crippen LogP contribution in [0.1, 0.15) is 12.8 Å². The lowest BCUT2D eigenvalue weighted by Gasteiger charge is -2.17. The van der Waals surface area contributed by atoms with Crippen LogP contribution in [0, 0.1) is 0 Å². The van der Waals surface area contributed by atoms with Gasteiger partial charge in [0.15, 0.2) is 0 Å². The minimum atomic E-state index is -2.65. The van der Waals surface area contributed by atoms with Crippen LogP contribution < -0.4 is 10.6 Å². The molecular weight excluding hydrogens is 210 g/mol. The smallest absolute Gasteiger partial charge is 0.260 e. The second-order valence-electron chi connectivity index (χ2n) is 3.80. The Labute approximate surface area is 95.1 Å². The highest BCUT2D eigenvalue weighted by atomic mass is 19.3. The zero-order valence-corrected chi connectivity index (χ0v) is 9.31. The Morgan fingerprint density at radius 1 is 1.56 bits per heavy atom. The molecule has 0 aromatic heterocycles. The number of hydrogen-bond acceptors (Lipinski definition) is 2. The fraction of sp³-hybridized carbons (Fsp3) is 0.500. The molecule has 90 valence electrons. The molecule has 16 heavy (non-hydrogen) atoms. The van der Waals surface area contributed by atoms with Crippen LogP contribution in [-0.2, 0) is 0 Å². The van der Waals surface area contributed by atoms with Crippen molar-refractivity contribution in [3.8, 4) is 0 Å². The maximum atomic E-state index is 13.3. The molecule has 0 unspecified atom stereocenters. The number of alkyl halides is 2. The van der Waals surface area contributed by atoms with Gasteiger partial charge in [-0.1, -0.05) is 12.2 Å². The molecule has 0 fully saturated rings. The van der Waals surface area contributed by atoms with Gasteiger partial charge in [-0.05, 0) is 24.3 Å². The highest BCUT2D eigenvalue weighted by molar-refractivity contribution is 5.22. The fourth-order valence-electron chi connectivity index (χ4n) is 1.45. The first kappa shape index (κ1) is 12.9. The van der Waals surface area contributed by atoms with Crippen molar-refractivity contribution >= 4 is 0 Å². The predicted molar refractivity (Wildman–Crippen MR) is 62.5 cm³/mol. The Kier molecular flexibility index (Phi) is 5.19. The fourth-order valence-corrected chi connectivity index (χ4v) is 1.45. The zero-order chi connectivity index (χ0) is 11.9. The summed E-state index contributed by atoms with van der Waals surface area (Å²) in [6, 6.07) is 0. The summed E-state index contributed by atoms with van der Waals surface area (Å²) in [5.41, 5.74) is 0.974. The zero-order valence-electron chi connectivity index (χ0n) is 9.31. The van der Waals surface area contributed by atoms with Gasteiger partial charge in [0.05, 0.1) is 6.54 Å². The molecule has 0 amide bonds. The lowest BCUT2D eigenvalue weighted by atomic mass is 10.0. The summed E-state index contributed by atoms with van der Waals surface area (Å²) < 4.78 is 26.7. The van der Waals surface area contributed by atoms with Crippen molar-refractivity contribution in [2.24, 2.45) is 0 Å². The maximum absolute atomic E-state index is 13.3. The van der Waals surface area contributed by atoms with Crippen LogP contribution in [0.4, 0.5) is 8.78 Å². The average molecular weight is 228 g/mol. The first-order valence-corrected chi connectivity index (χ1v) is 5.42. The Morgan fingerprint density at radius 3 is 3.00 bits per heavy atom. The van der Waals surface area contributed by atoms with Gasteiger partial charge < -0.3 is 10.6 Å². The van der Waals surface area contributed by atoms with E-state index in [0.29, 0.717) is 13.0 Å². The van der Waals surface area contributed by atoms with Crippen molar-refractivity contribution in [2.45, 2.75) is 18.8 Å². The van der Waals surface area contributed by atoms with E-state index in [1.54, 1.807) is 12.3 Å². The molecule has 1 heterocycles. The van der Waals surface area contributed by atoms with Crippen molar-refractivity contribution in [2.75, 3.05) is 19.6 Å². The van der Waals surface area contributed by atoms with Crippen LogP contribution in [0.5, 0.6) is 0 Å².